The summed E-state index contributed by atoms with van der Waals surface area (Å²) in [5.74, 6) is -0.855. The third-order valence-corrected chi connectivity index (χ3v) is 12.2. The van der Waals surface area contributed by atoms with Gasteiger partial charge in [-0.25, -0.2) is 0 Å². The zero-order valence-electron chi connectivity index (χ0n) is 41.7. The van der Waals surface area contributed by atoms with Crippen molar-refractivity contribution in [2.45, 2.75) is 303 Å². The molecule has 0 aliphatic carbocycles. The van der Waals surface area contributed by atoms with Gasteiger partial charge in [-0.1, -0.05) is 251 Å². The number of ether oxygens (including phenoxy) is 3. The Balaban J connectivity index is 4.29. The van der Waals surface area contributed by atoms with Crippen LogP contribution < -0.4 is 0 Å². The Morgan fingerprint density at radius 3 is 0.919 bits per heavy atom. The van der Waals surface area contributed by atoms with Crippen LogP contribution in [0.4, 0.5) is 0 Å². The van der Waals surface area contributed by atoms with E-state index in [1.54, 1.807) is 0 Å². The number of esters is 3. The molecule has 0 heterocycles. The van der Waals surface area contributed by atoms with Crippen LogP contribution in [0.2, 0.25) is 0 Å². The Morgan fingerprint density at radius 2 is 0.581 bits per heavy atom. The molecule has 0 radical (unpaired) electrons. The second-order valence-corrected chi connectivity index (χ2v) is 18.5. The van der Waals surface area contributed by atoms with Crippen LogP contribution in [-0.4, -0.2) is 37.2 Å². The molecule has 6 heteroatoms. The van der Waals surface area contributed by atoms with Crippen molar-refractivity contribution in [1.82, 2.24) is 0 Å². The summed E-state index contributed by atoms with van der Waals surface area (Å²) in [7, 11) is 0. The second kappa shape index (κ2) is 51.5. The Hall–Kier alpha value is -2.11. The van der Waals surface area contributed by atoms with Crippen LogP contribution in [0.3, 0.4) is 0 Å². The van der Waals surface area contributed by atoms with E-state index in [4.69, 9.17) is 14.2 Å². The molecule has 0 aliphatic heterocycles. The molecule has 0 rings (SSSR count). The summed E-state index contributed by atoms with van der Waals surface area (Å²) in [5, 5.41) is 0. The lowest BCUT2D eigenvalue weighted by Crippen LogP contribution is -2.30. The molecule has 0 saturated heterocycles. The van der Waals surface area contributed by atoms with Crippen molar-refractivity contribution in [2.24, 2.45) is 0 Å². The van der Waals surface area contributed by atoms with E-state index in [2.05, 4.69) is 45.1 Å². The molecule has 0 spiro atoms. The summed E-state index contributed by atoms with van der Waals surface area (Å²) in [4.78, 5) is 38.0. The van der Waals surface area contributed by atoms with Gasteiger partial charge in [0.1, 0.15) is 13.2 Å². The van der Waals surface area contributed by atoms with Crippen molar-refractivity contribution in [3.63, 3.8) is 0 Å². The number of carbonyl (C=O) groups excluding carboxylic acids is 3. The lowest BCUT2D eigenvalue weighted by atomic mass is 10.0. The molecule has 364 valence electrons. The first-order valence-corrected chi connectivity index (χ1v) is 27.3. The minimum absolute atomic E-state index is 0.0673. The van der Waals surface area contributed by atoms with Gasteiger partial charge in [0.05, 0.1) is 0 Å². The van der Waals surface area contributed by atoms with E-state index < -0.39 is 6.10 Å². The fourth-order valence-corrected chi connectivity index (χ4v) is 8.06. The summed E-state index contributed by atoms with van der Waals surface area (Å²) < 4.78 is 16.8. The van der Waals surface area contributed by atoms with Gasteiger partial charge in [0.15, 0.2) is 6.10 Å². The summed E-state index contributed by atoms with van der Waals surface area (Å²) in [6.07, 6.45) is 58.7. The van der Waals surface area contributed by atoms with Gasteiger partial charge in [-0.15, -0.1) is 0 Å². The zero-order chi connectivity index (χ0) is 45.1. The van der Waals surface area contributed by atoms with Gasteiger partial charge in [0.2, 0.25) is 0 Å². The first kappa shape index (κ1) is 59.9. The van der Waals surface area contributed by atoms with Crippen LogP contribution >= 0.6 is 0 Å². The van der Waals surface area contributed by atoms with Gasteiger partial charge in [-0.3, -0.25) is 14.4 Å². The molecule has 0 fully saturated rings. The highest BCUT2D eigenvalue weighted by Gasteiger charge is 2.19. The standard InChI is InChI=1S/C56H104O6/c1-4-7-10-13-16-19-22-24-26-27-28-29-30-32-34-37-40-43-46-49-55(58)61-52-53(51-60-54(57)48-45-42-39-36-33-21-18-15-12-9-6-3)62-56(59)50-47-44-41-38-35-31-25-23-20-17-14-11-8-5-2/h16,19,24,26,53H,4-15,17-18,20-23,25,27-52H2,1-3H3/b19-16-,26-24-. The SMILES string of the molecule is CCCCC/C=C\C/C=C\CCCCCCCCCCCC(=O)OCC(COC(=O)CCCCCCCCCCCCC)OC(=O)CCCCCCCCCCCCCCCC. The van der Waals surface area contributed by atoms with Crippen molar-refractivity contribution < 1.29 is 28.6 Å². The Morgan fingerprint density at radius 1 is 0.323 bits per heavy atom. The second-order valence-electron chi connectivity index (χ2n) is 18.5. The molecule has 0 saturated carbocycles. The van der Waals surface area contributed by atoms with E-state index in [1.165, 1.54) is 193 Å². The highest BCUT2D eigenvalue weighted by atomic mass is 16.6. The molecule has 0 aliphatic rings. The molecule has 1 unspecified atom stereocenters. The van der Waals surface area contributed by atoms with Crippen molar-refractivity contribution in [2.75, 3.05) is 13.2 Å². The third kappa shape index (κ3) is 48.9. The van der Waals surface area contributed by atoms with Crippen LogP contribution in [0.15, 0.2) is 24.3 Å². The maximum Gasteiger partial charge on any atom is 0.306 e. The fraction of sp³-hybridized carbons (Fsp3) is 0.875. The van der Waals surface area contributed by atoms with Crippen LogP contribution in [0.5, 0.6) is 0 Å². The Labute approximate surface area is 385 Å². The van der Waals surface area contributed by atoms with E-state index in [-0.39, 0.29) is 31.1 Å². The maximum atomic E-state index is 12.8. The van der Waals surface area contributed by atoms with Crippen molar-refractivity contribution in [1.29, 1.82) is 0 Å². The molecule has 0 amide bonds. The van der Waals surface area contributed by atoms with Gasteiger partial charge < -0.3 is 14.2 Å². The molecule has 0 N–H and O–H groups in total. The quantitative estimate of drug-likeness (QED) is 0.0262. The number of carbonyl (C=O) groups is 3. The van der Waals surface area contributed by atoms with E-state index >= 15 is 0 Å². The average molecular weight is 873 g/mol. The smallest absolute Gasteiger partial charge is 0.306 e. The molecule has 62 heavy (non-hydrogen) atoms. The first-order chi connectivity index (χ1) is 30.5. The van der Waals surface area contributed by atoms with Gasteiger partial charge >= 0.3 is 17.9 Å². The Kier molecular flexibility index (Phi) is 49.8. The molecule has 6 nitrogen and oxygen atoms in total. The highest BCUT2D eigenvalue weighted by Crippen LogP contribution is 2.16. The van der Waals surface area contributed by atoms with Gasteiger partial charge in [0.25, 0.3) is 0 Å². The minimum atomic E-state index is -0.766. The van der Waals surface area contributed by atoms with Crippen LogP contribution in [0.25, 0.3) is 0 Å². The molecule has 0 aromatic heterocycles. The number of allylic oxidation sites excluding steroid dienone is 4. The molecule has 0 bridgehead atoms. The summed E-state index contributed by atoms with van der Waals surface area (Å²) in [6, 6.07) is 0. The monoisotopic (exact) mass is 873 g/mol. The average Bonchev–Trinajstić information content (AvgIpc) is 3.27. The summed E-state index contributed by atoms with van der Waals surface area (Å²) in [6.45, 7) is 6.64. The highest BCUT2D eigenvalue weighted by molar-refractivity contribution is 5.71. The topological polar surface area (TPSA) is 78.9 Å². The van der Waals surface area contributed by atoms with Gasteiger partial charge in [-0.2, -0.15) is 0 Å². The summed E-state index contributed by atoms with van der Waals surface area (Å²) in [5.41, 5.74) is 0. The van der Waals surface area contributed by atoms with E-state index in [9.17, 15) is 14.4 Å². The molecule has 0 aromatic rings. The molecule has 1 atom stereocenters. The van der Waals surface area contributed by atoms with Crippen LogP contribution in [-0.2, 0) is 28.6 Å². The predicted molar refractivity (Wildman–Crippen MR) is 266 cm³/mol. The van der Waals surface area contributed by atoms with Crippen LogP contribution in [0.1, 0.15) is 297 Å². The van der Waals surface area contributed by atoms with Crippen molar-refractivity contribution in [3.8, 4) is 0 Å². The lowest BCUT2D eigenvalue weighted by Gasteiger charge is -2.18. The summed E-state index contributed by atoms with van der Waals surface area (Å²) >= 11 is 0. The molecular weight excluding hydrogens is 769 g/mol. The molecular formula is C56H104O6. The number of unbranched alkanes of at least 4 members (excludes halogenated alkanes) is 35. The predicted octanol–water partition coefficient (Wildman–Crippen LogP) is 17.9. The zero-order valence-corrected chi connectivity index (χ0v) is 41.7. The van der Waals surface area contributed by atoms with Gasteiger partial charge in [0, 0.05) is 19.3 Å². The number of rotatable bonds is 50. The third-order valence-electron chi connectivity index (χ3n) is 12.2. The van der Waals surface area contributed by atoms with Crippen molar-refractivity contribution >= 4 is 17.9 Å². The first-order valence-electron chi connectivity index (χ1n) is 27.3. The van der Waals surface area contributed by atoms with E-state index in [1.807, 2.05) is 0 Å². The van der Waals surface area contributed by atoms with Crippen LogP contribution in [0, 0.1) is 0 Å². The van der Waals surface area contributed by atoms with E-state index in [0.29, 0.717) is 19.3 Å². The maximum absolute atomic E-state index is 12.8. The lowest BCUT2D eigenvalue weighted by molar-refractivity contribution is -0.167. The molecule has 0 aromatic carbocycles. The fourth-order valence-electron chi connectivity index (χ4n) is 8.06. The number of hydrogen-bond donors (Lipinski definition) is 0. The minimum Gasteiger partial charge on any atom is -0.462 e. The Bertz CT molecular complexity index is 1000. The largest absolute Gasteiger partial charge is 0.462 e. The van der Waals surface area contributed by atoms with Crippen molar-refractivity contribution in [3.05, 3.63) is 24.3 Å². The van der Waals surface area contributed by atoms with E-state index in [0.717, 1.165) is 64.2 Å². The number of hydrogen-bond acceptors (Lipinski definition) is 6. The van der Waals surface area contributed by atoms with Gasteiger partial charge in [-0.05, 0) is 51.4 Å². The normalized spacial score (nSPS) is 12.1.